The Balaban J connectivity index is 1.68. The minimum Gasteiger partial charge on any atom is -0.468 e. The third-order valence-electron chi connectivity index (χ3n) is 4.07. The molecule has 0 spiro atoms. The first-order chi connectivity index (χ1) is 10.9. The zero-order valence-electron chi connectivity index (χ0n) is 12.5. The van der Waals surface area contributed by atoms with Gasteiger partial charge in [-0.05, 0) is 50.2 Å². The first kappa shape index (κ1) is 14.6. The SMILES string of the molecule is N#Cc1ccc(NCC(c2ccco2)N2CCCCC2)nc1. The standard InChI is InChI=1S/C17H20N4O/c18-11-14-6-7-17(19-12-14)20-13-15(16-5-4-10-22-16)21-8-2-1-3-9-21/h4-7,10,12,15H,1-3,8-9,13H2,(H,19,20). The summed E-state index contributed by atoms with van der Waals surface area (Å²) in [5.74, 6) is 1.77. The minimum absolute atomic E-state index is 0.216. The number of piperidine rings is 1. The molecule has 0 aromatic carbocycles. The number of furan rings is 1. The van der Waals surface area contributed by atoms with Crippen LogP contribution < -0.4 is 5.32 Å². The molecule has 3 rings (SSSR count). The van der Waals surface area contributed by atoms with Crippen molar-refractivity contribution in [1.29, 1.82) is 5.26 Å². The molecule has 1 aliphatic rings. The Morgan fingerprint density at radius 2 is 2.14 bits per heavy atom. The zero-order chi connectivity index (χ0) is 15.2. The van der Waals surface area contributed by atoms with Gasteiger partial charge in [-0.3, -0.25) is 4.90 Å². The summed E-state index contributed by atoms with van der Waals surface area (Å²) in [7, 11) is 0. The molecule has 1 N–H and O–H groups in total. The van der Waals surface area contributed by atoms with E-state index in [1.54, 1.807) is 18.5 Å². The van der Waals surface area contributed by atoms with Crippen LogP contribution in [0.1, 0.15) is 36.6 Å². The van der Waals surface area contributed by atoms with Crippen molar-refractivity contribution in [2.24, 2.45) is 0 Å². The molecule has 0 aliphatic carbocycles. The van der Waals surface area contributed by atoms with E-state index in [2.05, 4.69) is 21.3 Å². The van der Waals surface area contributed by atoms with Crippen LogP contribution in [-0.4, -0.2) is 29.5 Å². The van der Waals surface area contributed by atoms with Crippen LogP contribution >= 0.6 is 0 Å². The van der Waals surface area contributed by atoms with Gasteiger partial charge in [-0.2, -0.15) is 5.26 Å². The maximum Gasteiger partial charge on any atom is 0.126 e. The molecule has 1 aliphatic heterocycles. The highest BCUT2D eigenvalue weighted by Gasteiger charge is 2.24. The molecule has 0 amide bonds. The van der Waals surface area contributed by atoms with E-state index in [1.807, 2.05) is 18.2 Å². The summed E-state index contributed by atoms with van der Waals surface area (Å²) in [6.07, 6.45) is 7.11. The van der Waals surface area contributed by atoms with Gasteiger partial charge in [0.2, 0.25) is 0 Å². The van der Waals surface area contributed by atoms with Crippen LogP contribution in [0.25, 0.3) is 0 Å². The molecule has 1 atom stereocenters. The summed E-state index contributed by atoms with van der Waals surface area (Å²) in [4.78, 5) is 6.74. The molecule has 1 saturated heterocycles. The van der Waals surface area contributed by atoms with Crippen molar-refractivity contribution < 1.29 is 4.42 Å². The molecule has 22 heavy (non-hydrogen) atoms. The number of anilines is 1. The van der Waals surface area contributed by atoms with Crippen molar-refractivity contribution >= 4 is 5.82 Å². The van der Waals surface area contributed by atoms with Gasteiger partial charge >= 0.3 is 0 Å². The van der Waals surface area contributed by atoms with Crippen molar-refractivity contribution in [2.45, 2.75) is 25.3 Å². The van der Waals surface area contributed by atoms with Crippen LogP contribution in [0.2, 0.25) is 0 Å². The van der Waals surface area contributed by atoms with Gasteiger partial charge in [0.15, 0.2) is 0 Å². The third kappa shape index (κ3) is 3.46. The number of hydrogen-bond donors (Lipinski definition) is 1. The van der Waals surface area contributed by atoms with Crippen LogP contribution in [0.5, 0.6) is 0 Å². The van der Waals surface area contributed by atoms with Crippen LogP contribution in [0, 0.1) is 11.3 Å². The third-order valence-corrected chi connectivity index (χ3v) is 4.07. The van der Waals surface area contributed by atoms with E-state index in [9.17, 15) is 0 Å². The quantitative estimate of drug-likeness (QED) is 0.918. The van der Waals surface area contributed by atoms with Gasteiger partial charge in [-0.25, -0.2) is 4.98 Å². The number of nitrogens with zero attached hydrogens (tertiary/aromatic N) is 3. The Hall–Kier alpha value is -2.32. The summed E-state index contributed by atoms with van der Waals surface area (Å²) >= 11 is 0. The molecule has 0 saturated carbocycles. The maximum absolute atomic E-state index is 8.81. The first-order valence-electron chi connectivity index (χ1n) is 7.74. The van der Waals surface area contributed by atoms with E-state index in [0.717, 1.165) is 31.2 Å². The van der Waals surface area contributed by atoms with Crippen molar-refractivity contribution in [2.75, 3.05) is 25.0 Å². The molecule has 5 nitrogen and oxygen atoms in total. The smallest absolute Gasteiger partial charge is 0.126 e. The maximum atomic E-state index is 8.81. The number of likely N-dealkylation sites (tertiary alicyclic amines) is 1. The lowest BCUT2D eigenvalue weighted by Gasteiger charge is -2.33. The summed E-state index contributed by atoms with van der Waals surface area (Å²) in [5.41, 5.74) is 0.573. The van der Waals surface area contributed by atoms with Crippen LogP contribution in [0.4, 0.5) is 5.82 Å². The van der Waals surface area contributed by atoms with Crippen molar-refractivity contribution in [3.8, 4) is 6.07 Å². The Bertz CT molecular complexity index is 609. The molecule has 5 heteroatoms. The fourth-order valence-corrected chi connectivity index (χ4v) is 2.89. The lowest BCUT2D eigenvalue weighted by atomic mass is 10.1. The topological polar surface area (TPSA) is 65.1 Å². The average Bonchev–Trinajstić information content (AvgIpc) is 3.11. The monoisotopic (exact) mass is 296 g/mol. The number of pyridine rings is 1. The Morgan fingerprint density at radius 1 is 1.27 bits per heavy atom. The lowest BCUT2D eigenvalue weighted by Crippen LogP contribution is -2.37. The van der Waals surface area contributed by atoms with Gasteiger partial charge in [0.05, 0.1) is 17.9 Å². The molecule has 2 aromatic heterocycles. The molecule has 2 aromatic rings. The van der Waals surface area contributed by atoms with Gasteiger partial charge in [-0.1, -0.05) is 6.42 Å². The van der Waals surface area contributed by atoms with E-state index in [-0.39, 0.29) is 6.04 Å². The van der Waals surface area contributed by atoms with Crippen LogP contribution in [-0.2, 0) is 0 Å². The average molecular weight is 296 g/mol. The first-order valence-corrected chi connectivity index (χ1v) is 7.74. The van der Waals surface area contributed by atoms with E-state index < -0.39 is 0 Å². The highest BCUT2D eigenvalue weighted by molar-refractivity contribution is 5.39. The fraction of sp³-hybridized carbons (Fsp3) is 0.412. The zero-order valence-corrected chi connectivity index (χ0v) is 12.5. The summed E-state index contributed by atoms with van der Waals surface area (Å²) in [6, 6.07) is 9.88. The minimum atomic E-state index is 0.216. The van der Waals surface area contributed by atoms with Gasteiger partial charge in [-0.15, -0.1) is 0 Å². The van der Waals surface area contributed by atoms with E-state index >= 15 is 0 Å². The second kappa shape index (κ2) is 7.10. The highest BCUT2D eigenvalue weighted by atomic mass is 16.3. The molecule has 114 valence electrons. The van der Waals surface area contributed by atoms with Gasteiger partial charge < -0.3 is 9.73 Å². The number of rotatable bonds is 5. The second-order valence-corrected chi connectivity index (χ2v) is 5.55. The van der Waals surface area contributed by atoms with E-state index in [1.165, 1.54) is 19.3 Å². The highest BCUT2D eigenvalue weighted by Crippen LogP contribution is 2.25. The number of nitrogens with one attached hydrogen (secondary N) is 1. The normalized spacial score (nSPS) is 16.9. The largest absolute Gasteiger partial charge is 0.468 e. The molecular weight excluding hydrogens is 276 g/mol. The molecule has 0 radical (unpaired) electrons. The van der Waals surface area contributed by atoms with E-state index in [4.69, 9.17) is 9.68 Å². The predicted molar refractivity (Wildman–Crippen MR) is 84.3 cm³/mol. The second-order valence-electron chi connectivity index (χ2n) is 5.55. The van der Waals surface area contributed by atoms with Crippen molar-refractivity contribution in [3.63, 3.8) is 0 Å². The predicted octanol–water partition coefficient (Wildman–Crippen LogP) is 3.19. The molecule has 0 bridgehead atoms. The summed E-state index contributed by atoms with van der Waals surface area (Å²) < 4.78 is 5.63. The Kier molecular flexibility index (Phi) is 4.71. The lowest BCUT2D eigenvalue weighted by molar-refractivity contribution is 0.153. The van der Waals surface area contributed by atoms with Gasteiger partial charge in [0, 0.05) is 12.7 Å². The molecule has 1 unspecified atom stereocenters. The van der Waals surface area contributed by atoms with Gasteiger partial charge in [0.25, 0.3) is 0 Å². The number of nitriles is 1. The van der Waals surface area contributed by atoms with Crippen molar-refractivity contribution in [3.05, 3.63) is 48.0 Å². The molecule has 3 heterocycles. The fourth-order valence-electron chi connectivity index (χ4n) is 2.89. The van der Waals surface area contributed by atoms with Crippen LogP contribution in [0.15, 0.2) is 41.1 Å². The summed E-state index contributed by atoms with van der Waals surface area (Å²) in [5, 5.41) is 12.2. The van der Waals surface area contributed by atoms with Crippen molar-refractivity contribution in [1.82, 2.24) is 9.88 Å². The number of aromatic nitrogens is 1. The summed E-state index contributed by atoms with van der Waals surface area (Å²) in [6.45, 7) is 2.95. The Labute approximate surface area is 130 Å². The molecular formula is C17H20N4O. The van der Waals surface area contributed by atoms with Crippen LogP contribution in [0.3, 0.4) is 0 Å². The molecule has 1 fully saturated rings. The van der Waals surface area contributed by atoms with Gasteiger partial charge in [0.1, 0.15) is 17.6 Å². The number of hydrogen-bond acceptors (Lipinski definition) is 5. The Morgan fingerprint density at radius 3 is 2.77 bits per heavy atom. The van der Waals surface area contributed by atoms with E-state index in [0.29, 0.717) is 5.56 Å².